The molecule has 0 unspecified atom stereocenters. The molecule has 3 aromatic rings. The van der Waals surface area contributed by atoms with Crippen molar-refractivity contribution in [3.05, 3.63) is 107 Å². The lowest BCUT2D eigenvalue weighted by Gasteiger charge is -2.37. The van der Waals surface area contributed by atoms with E-state index in [1.165, 1.54) is 16.8 Å². The Morgan fingerprint density at radius 3 is 2.62 bits per heavy atom. The quantitative estimate of drug-likeness (QED) is 0.333. The summed E-state index contributed by atoms with van der Waals surface area (Å²) in [5.41, 5.74) is 7.81. The second-order valence-corrected chi connectivity index (χ2v) is 8.16. The van der Waals surface area contributed by atoms with Crippen LogP contribution < -0.4 is 15.5 Å². The third-order valence-corrected chi connectivity index (χ3v) is 6.30. The molecule has 0 radical (unpaired) electrons. The number of hydrogen-bond acceptors (Lipinski definition) is 4. The summed E-state index contributed by atoms with van der Waals surface area (Å²) < 4.78 is 5.14. The van der Waals surface area contributed by atoms with Crippen LogP contribution >= 0.6 is 0 Å². The molecule has 2 N–H and O–H groups in total. The summed E-state index contributed by atoms with van der Waals surface area (Å²) in [6.07, 6.45) is 7.29. The highest BCUT2D eigenvalue weighted by Gasteiger charge is 2.37. The fraction of sp³-hybridized carbons (Fsp3) is 0.185. The number of anilines is 1. The molecule has 0 aromatic heterocycles. The van der Waals surface area contributed by atoms with Crippen molar-refractivity contribution in [3.8, 4) is 5.75 Å². The molecule has 5 heteroatoms. The summed E-state index contributed by atoms with van der Waals surface area (Å²) in [6, 6.07) is 24.0. The highest BCUT2D eigenvalue weighted by atomic mass is 16.5. The lowest BCUT2D eigenvalue weighted by molar-refractivity contribution is 0.0955. The van der Waals surface area contributed by atoms with Crippen molar-refractivity contribution in [1.29, 1.82) is 0 Å². The lowest BCUT2D eigenvalue weighted by Crippen LogP contribution is -2.29. The molecule has 1 amide bonds. The molecule has 160 valence electrons. The number of carbonyl (C=O) groups is 1. The third-order valence-electron chi connectivity index (χ3n) is 6.30. The number of methoxy groups -OCH3 is 1. The van der Waals surface area contributed by atoms with Gasteiger partial charge in [0.2, 0.25) is 0 Å². The van der Waals surface area contributed by atoms with Gasteiger partial charge in [-0.05, 0) is 71.5 Å². The zero-order chi connectivity index (χ0) is 21.9. The minimum atomic E-state index is -0.233. The van der Waals surface area contributed by atoms with Crippen LogP contribution in [0.2, 0.25) is 0 Å². The number of para-hydroxylation sites is 1. The van der Waals surface area contributed by atoms with E-state index >= 15 is 0 Å². The number of nitrogens with one attached hydrogen (secondary N) is 2. The largest absolute Gasteiger partial charge is 0.497 e. The fourth-order valence-corrected chi connectivity index (χ4v) is 4.64. The molecule has 5 rings (SSSR count). The van der Waals surface area contributed by atoms with Gasteiger partial charge in [-0.3, -0.25) is 4.79 Å². The number of nitrogens with zero attached hydrogens (tertiary/aromatic N) is 1. The molecule has 5 nitrogen and oxygen atoms in total. The Kier molecular flexibility index (Phi) is 5.46. The van der Waals surface area contributed by atoms with Gasteiger partial charge in [0.15, 0.2) is 0 Å². The van der Waals surface area contributed by atoms with Crippen LogP contribution in [0.15, 0.2) is 90.0 Å². The highest BCUT2D eigenvalue weighted by molar-refractivity contribution is 5.94. The van der Waals surface area contributed by atoms with Gasteiger partial charge in [-0.15, -0.1) is 0 Å². The van der Waals surface area contributed by atoms with E-state index in [1.807, 2.05) is 48.5 Å². The molecule has 0 bridgehead atoms. The van der Waals surface area contributed by atoms with Gasteiger partial charge in [-0.25, -0.2) is 5.43 Å². The predicted octanol–water partition coefficient (Wildman–Crippen LogP) is 5.29. The van der Waals surface area contributed by atoms with Gasteiger partial charge in [0.25, 0.3) is 5.91 Å². The Labute approximate surface area is 187 Å². The zero-order valence-electron chi connectivity index (χ0n) is 17.9. The van der Waals surface area contributed by atoms with Gasteiger partial charge in [0.05, 0.1) is 19.4 Å². The van der Waals surface area contributed by atoms with Gasteiger partial charge < -0.3 is 10.1 Å². The van der Waals surface area contributed by atoms with Gasteiger partial charge in [-0.1, -0.05) is 42.5 Å². The van der Waals surface area contributed by atoms with Gasteiger partial charge in [-0.2, -0.15) is 5.10 Å². The maximum absolute atomic E-state index is 12.5. The van der Waals surface area contributed by atoms with Crippen molar-refractivity contribution < 1.29 is 9.53 Å². The minimum absolute atomic E-state index is 0.218. The average molecular weight is 424 g/mol. The molecule has 1 aliphatic carbocycles. The van der Waals surface area contributed by atoms with Gasteiger partial charge >= 0.3 is 0 Å². The first-order valence-electron chi connectivity index (χ1n) is 10.8. The van der Waals surface area contributed by atoms with Crippen molar-refractivity contribution in [3.63, 3.8) is 0 Å². The first-order chi connectivity index (χ1) is 15.7. The second-order valence-electron chi connectivity index (χ2n) is 8.16. The molecule has 2 aliphatic rings. The van der Waals surface area contributed by atoms with Crippen molar-refractivity contribution in [2.75, 3.05) is 12.4 Å². The SMILES string of the molecule is COc1ccc(/C=N\NC(=O)c2ccc([C@@H]3Nc4ccccc4[C@@H]4C=CC[C@@H]43)cc2)cc1. The van der Waals surface area contributed by atoms with Crippen LogP contribution in [0, 0.1) is 5.92 Å². The summed E-state index contributed by atoms with van der Waals surface area (Å²) in [7, 11) is 1.63. The summed E-state index contributed by atoms with van der Waals surface area (Å²) in [4.78, 5) is 12.5. The number of hydrazone groups is 1. The third kappa shape index (κ3) is 3.89. The number of carbonyl (C=O) groups excluding carboxylic acids is 1. The van der Waals surface area contributed by atoms with E-state index < -0.39 is 0 Å². The van der Waals surface area contributed by atoms with E-state index in [0.29, 0.717) is 17.4 Å². The summed E-state index contributed by atoms with van der Waals surface area (Å²) in [5.74, 6) is 1.47. The molecule has 1 aliphatic heterocycles. The van der Waals surface area contributed by atoms with Gasteiger partial charge in [0, 0.05) is 17.2 Å². The molecule has 0 fully saturated rings. The average Bonchev–Trinajstić information content (AvgIpc) is 3.34. The van der Waals surface area contributed by atoms with Crippen molar-refractivity contribution in [1.82, 2.24) is 5.43 Å². The summed E-state index contributed by atoms with van der Waals surface area (Å²) >= 11 is 0. The number of rotatable bonds is 5. The normalized spacial score (nSPS) is 21.0. The maximum atomic E-state index is 12.5. The first kappa shape index (κ1) is 20.1. The Balaban J connectivity index is 1.27. The Bertz CT molecular complexity index is 1170. The Morgan fingerprint density at radius 2 is 1.84 bits per heavy atom. The lowest BCUT2D eigenvalue weighted by atomic mass is 9.77. The first-order valence-corrected chi connectivity index (χ1v) is 10.8. The van der Waals surface area contributed by atoms with E-state index in [-0.39, 0.29) is 11.9 Å². The Hall–Kier alpha value is -3.86. The monoisotopic (exact) mass is 423 g/mol. The smallest absolute Gasteiger partial charge is 0.271 e. The van der Waals surface area contributed by atoms with E-state index in [0.717, 1.165) is 17.7 Å². The molecular formula is C27H25N3O2. The molecule has 0 saturated carbocycles. The number of ether oxygens (including phenoxy) is 1. The van der Waals surface area contributed by atoms with E-state index in [2.05, 4.69) is 52.3 Å². The summed E-state index contributed by atoms with van der Waals surface area (Å²) in [5, 5.41) is 7.79. The fourth-order valence-electron chi connectivity index (χ4n) is 4.64. The molecular weight excluding hydrogens is 398 g/mol. The molecule has 3 aromatic carbocycles. The predicted molar refractivity (Wildman–Crippen MR) is 127 cm³/mol. The van der Waals surface area contributed by atoms with Crippen molar-refractivity contribution >= 4 is 17.8 Å². The molecule has 1 heterocycles. The number of hydrogen-bond donors (Lipinski definition) is 2. The van der Waals surface area contributed by atoms with E-state index in [1.54, 1.807) is 13.3 Å². The van der Waals surface area contributed by atoms with Crippen LogP contribution in [0.3, 0.4) is 0 Å². The van der Waals surface area contributed by atoms with Crippen LogP contribution in [0.25, 0.3) is 0 Å². The van der Waals surface area contributed by atoms with Crippen LogP contribution in [0.5, 0.6) is 5.75 Å². The topological polar surface area (TPSA) is 62.7 Å². The van der Waals surface area contributed by atoms with Crippen LogP contribution in [-0.4, -0.2) is 19.2 Å². The highest BCUT2D eigenvalue weighted by Crippen LogP contribution is 2.49. The van der Waals surface area contributed by atoms with E-state index in [9.17, 15) is 4.79 Å². The standard InChI is InChI=1S/C27H25N3O2/c1-32-21-15-9-18(10-16-21)17-28-30-27(31)20-13-11-19(12-14-20)26-24-7-4-6-22(24)23-5-2-3-8-25(23)29-26/h2-6,8-17,22,24,26,29H,7H2,1H3,(H,30,31)/b28-17-/t22-,24-,26-/m0/s1. The molecule has 3 atom stereocenters. The number of amides is 1. The molecule has 0 spiro atoms. The van der Waals surface area contributed by atoms with Crippen molar-refractivity contribution in [2.24, 2.45) is 11.0 Å². The number of benzene rings is 3. The maximum Gasteiger partial charge on any atom is 0.271 e. The second kappa shape index (κ2) is 8.71. The van der Waals surface area contributed by atoms with Crippen molar-refractivity contribution in [2.45, 2.75) is 18.4 Å². The molecule has 0 saturated heterocycles. The Morgan fingerprint density at radius 1 is 1.06 bits per heavy atom. The van der Waals surface area contributed by atoms with Crippen LogP contribution in [0.1, 0.15) is 45.4 Å². The van der Waals surface area contributed by atoms with Crippen LogP contribution in [0.4, 0.5) is 5.69 Å². The van der Waals surface area contributed by atoms with Gasteiger partial charge in [0.1, 0.15) is 5.75 Å². The minimum Gasteiger partial charge on any atom is -0.497 e. The molecule has 32 heavy (non-hydrogen) atoms. The zero-order valence-corrected chi connectivity index (χ0v) is 17.9. The van der Waals surface area contributed by atoms with Crippen LogP contribution in [-0.2, 0) is 0 Å². The number of fused-ring (bicyclic) bond motifs is 3. The number of allylic oxidation sites excluding steroid dienone is 2. The summed E-state index contributed by atoms with van der Waals surface area (Å²) in [6.45, 7) is 0. The van der Waals surface area contributed by atoms with E-state index in [4.69, 9.17) is 4.74 Å².